The Hall–Kier alpha value is -3.16. The minimum atomic E-state index is -0.407. The maximum absolute atomic E-state index is 12.4. The molecule has 0 saturated carbocycles. The summed E-state index contributed by atoms with van der Waals surface area (Å²) in [6.45, 7) is 1.08. The van der Waals surface area contributed by atoms with Gasteiger partial charge in [-0.05, 0) is 18.4 Å². The number of aromatic nitrogens is 4. The third-order valence-electron chi connectivity index (χ3n) is 4.60. The molecule has 0 fully saturated rings. The van der Waals surface area contributed by atoms with Crippen molar-refractivity contribution in [3.63, 3.8) is 0 Å². The Balaban J connectivity index is 1.55. The molecule has 0 aliphatic rings. The molecule has 8 heteroatoms. The first-order valence-corrected chi connectivity index (χ1v) is 8.90. The van der Waals surface area contributed by atoms with Crippen molar-refractivity contribution < 1.29 is 4.79 Å². The largest absolute Gasteiger partial charge is 0.356 e. The summed E-state index contributed by atoms with van der Waals surface area (Å²) in [6.07, 6.45) is 3.27. The molecule has 27 heavy (non-hydrogen) atoms. The van der Waals surface area contributed by atoms with Gasteiger partial charge in [-0.2, -0.15) is 0 Å². The zero-order valence-electron chi connectivity index (χ0n) is 15.5. The van der Waals surface area contributed by atoms with E-state index in [0.29, 0.717) is 37.1 Å². The summed E-state index contributed by atoms with van der Waals surface area (Å²) >= 11 is 0. The zero-order chi connectivity index (χ0) is 19.4. The van der Waals surface area contributed by atoms with Gasteiger partial charge in [-0.15, -0.1) is 0 Å². The molecule has 1 amide bonds. The van der Waals surface area contributed by atoms with E-state index in [1.807, 2.05) is 30.3 Å². The van der Waals surface area contributed by atoms with Crippen LogP contribution in [0.3, 0.4) is 0 Å². The Morgan fingerprint density at radius 2 is 1.85 bits per heavy atom. The summed E-state index contributed by atoms with van der Waals surface area (Å²) in [5.74, 6) is -0.0179. The number of amides is 1. The minimum absolute atomic E-state index is 0.0179. The van der Waals surface area contributed by atoms with Crippen molar-refractivity contribution in [3.8, 4) is 0 Å². The second-order valence-corrected chi connectivity index (χ2v) is 6.51. The first kappa shape index (κ1) is 18.6. The van der Waals surface area contributed by atoms with E-state index in [0.717, 1.165) is 11.0 Å². The Bertz CT molecular complexity index is 1060. The van der Waals surface area contributed by atoms with E-state index < -0.39 is 5.69 Å². The van der Waals surface area contributed by atoms with Crippen molar-refractivity contribution in [2.45, 2.75) is 25.8 Å². The summed E-state index contributed by atoms with van der Waals surface area (Å²) in [5.41, 5.74) is 1.14. The van der Waals surface area contributed by atoms with Crippen LogP contribution >= 0.6 is 0 Å². The smallest absolute Gasteiger partial charge is 0.332 e. The summed E-state index contributed by atoms with van der Waals surface area (Å²) in [6, 6.07) is 9.99. The molecule has 1 aromatic carbocycles. The highest BCUT2D eigenvalue weighted by molar-refractivity contribution is 5.75. The van der Waals surface area contributed by atoms with Gasteiger partial charge in [0.1, 0.15) is 0 Å². The van der Waals surface area contributed by atoms with Gasteiger partial charge in [0.25, 0.3) is 5.56 Å². The van der Waals surface area contributed by atoms with Crippen molar-refractivity contribution in [1.29, 1.82) is 0 Å². The normalized spacial score (nSPS) is 11.0. The van der Waals surface area contributed by atoms with Gasteiger partial charge >= 0.3 is 5.69 Å². The van der Waals surface area contributed by atoms with Crippen LogP contribution < -0.4 is 16.6 Å². The van der Waals surface area contributed by atoms with Gasteiger partial charge in [0, 0.05) is 33.6 Å². The molecule has 0 bridgehead atoms. The Morgan fingerprint density at radius 1 is 1.11 bits per heavy atom. The molecule has 0 aliphatic heterocycles. The summed E-state index contributed by atoms with van der Waals surface area (Å²) in [4.78, 5) is 40.5. The van der Waals surface area contributed by atoms with Crippen LogP contribution in [0.1, 0.15) is 18.4 Å². The molecule has 2 aromatic heterocycles. The lowest BCUT2D eigenvalue weighted by molar-refractivity contribution is -0.121. The number of rotatable bonds is 7. The van der Waals surface area contributed by atoms with Crippen molar-refractivity contribution in [2.24, 2.45) is 14.1 Å². The number of nitrogens with one attached hydrogen (secondary N) is 1. The van der Waals surface area contributed by atoms with Gasteiger partial charge in [-0.25, -0.2) is 9.78 Å². The lowest BCUT2D eigenvalue weighted by Gasteiger charge is -2.07. The number of hydrogen-bond acceptors (Lipinski definition) is 4. The van der Waals surface area contributed by atoms with E-state index in [2.05, 4.69) is 10.3 Å². The van der Waals surface area contributed by atoms with Crippen molar-refractivity contribution in [2.75, 3.05) is 6.54 Å². The number of aryl methyl sites for hydroxylation is 2. The first-order chi connectivity index (χ1) is 13.0. The van der Waals surface area contributed by atoms with E-state index in [1.165, 1.54) is 17.2 Å². The lowest BCUT2D eigenvalue weighted by atomic mass is 10.1. The lowest BCUT2D eigenvalue weighted by Crippen LogP contribution is -2.37. The minimum Gasteiger partial charge on any atom is -0.356 e. The predicted molar refractivity (Wildman–Crippen MR) is 103 cm³/mol. The molecular weight excluding hydrogens is 346 g/mol. The fraction of sp³-hybridized carbons (Fsp3) is 0.368. The summed E-state index contributed by atoms with van der Waals surface area (Å²) < 4.78 is 4.12. The van der Waals surface area contributed by atoms with Crippen LogP contribution in [0, 0.1) is 0 Å². The monoisotopic (exact) mass is 369 g/mol. The Labute approximate surface area is 156 Å². The van der Waals surface area contributed by atoms with E-state index in [1.54, 1.807) is 17.9 Å². The zero-order valence-corrected chi connectivity index (χ0v) is 15.5. The number of hydrogen-bond donors (Lipinski definition) is 1. The molecule has 0 unspecified atom stereocenters. The van der Waals surface area contributed by atoms with Crippen LogP contribution in [0.2, 0.25) is 0 Å². The number of imidazole rings is 1. The number of carbonyl (C=O) groups is 1. The molecule has 0 radical (unpaired) electrons. The van der Waals surface area contributed by atoms with Crippen LogP contribution in [0.5, 0.6) is 0 Å². The maximum atomic E-state index is 12.4. The summed E-state index contributed by atoms with van der Waals surface area (Å²) in [5, 5.41) is 2.91. The van der Waals surface area contributed by atoms with Gasteiger partial charge in [-0.3, -0.25) is 18.7 Å². The second kappa shape index (κ2) is 8.03. The third kappa shape index (κ3) is 3.99. The van der Waals surface area contributed by atoms with E-state index in [9.17, 15) is 14.4 Å². The number of benzene rings is 1. The molecular formula is C19H23N5O3. The van der Waals surface area contributed by atoms with Crippen molar-refractivity contribution in [1.82, 2.24) is 24.0 Å². The average Bonchev–Trinajstić information content (AvgIpc) is 3.09. The standard InChI is InChI=1S/C19H23N5O3/c1-22-17-16(18(26)23(2)19(22)27)24(13-21-17)12-6-9-15(25)20-11-10-14-7-4-3-5-8-14/h3-5,7-8,13H,6,9-12H2,1-2H3,(H,20,25). The quantitative estimate of drug-likeness (QED) is 0.659. The second-order valence-electron chi connectivity index (χ2n) is 6.51. The molecule has 3 aromatic rings. The van der Waals surface area contributed by atoms with Gasteiger partial charge in [0.05, 0.1) is 6.33 Å². The molecule has 0 aliphatic carbocycles. The first-order valence-electron chi connectivity index (χ1n) is 8.90. The van der Waals surface area contributed by atoms with E-state index >= 15 is 0 Å². The highest BCUT2D eigenvalue weighted by atomic mass is 16.2. The number of fused-ring (bicyclic) bond motifs is 1. The van der Waals surface area contributed by atoms with Crippen molar-refractivity contribution in [3.05, 3.63) is 63.1 Å². The highest BCUT2D eigenvalue weighted by Crippen LogP contribution is 2.07. The van der Waals surface area contributed by atoms with Gasteiger partial charge in [0.2, 0.25) is 5.91 Å². The Morgan fingerprint density at radius 3 is 2.59 bits per heavy atom. The third-order valence-corrected chi connectivity index (χ3v) is 4.60. The molecule has 0 spiro atoms. The van der Waals surface area contributed by atoms with E-state index in [4.69, 9.17) is 0 Å². The van der Waals surface area contributed by atoms with Crippen LogP contribution in [0.15, 0.2) is 46.2 Å². The molecule has 0 atom stereocenters. The SMILES string of the molecule is Cn1c(=O)c2c(ncn2CCCC(=O)NCCc2ccccc2)n(C)c1=O. The topological polar surface area (TPSA) is 90.9 Å². The number of carbonyl (C=O) groups excluding carboxylic acids is 1. The predicted octanol–water partition coefficient (Wildman–Crippen LogP) is 0.573. The molecule has 2 heterocycles. The fourth-order valence-electron chi connectivity index (χ4n) is 3.06. The van der Waals surface area contributed by atoms with Crippen LogP contribution in [0.4, 0.5) is 0 Å². The van der Waals surface area contributed by atoms with Crippen molar-refractivity contribution >= 4 is 17.1 Å². The van der Waals surface area contributed by atoms with E-state index in [-0.39, 0.29) is 11.5 Å². The van der Waals surface area contributed by atoms with Gasteiger partial charge < -0.3 is 9.88 Å². The van der Waals surface area contributed by atoms with Crippen LogP contribution in [0.25, 0.3) is 11.2 Å². The fourth-order valence-corrected chi connectivity index (χ4v) is 3.06. The average molecular weight is 369 g/mol. The molecule has 0 saturated heterocycles. The Kier molecular flexibility index (Phi) is 5.54. The molecule has 8 nitrogen and oxygen atoms in total. The number of nitrogens with zero attached hydrogens (tertiary/aromatic N) is 4. The molecule has 142 valence electrons. The molecule has 1 N–H and O–H groups in total. The van der Waals surface area contributed by atoms with Gasteiger partial charge in [0.15, 0.2) is 11.2 Å². The highest BCUT2D eigenvalue weighted by Gasteiger charge is 2.14. The molecule has 3 rings (SSSR count). The maximum Gasteiger partial charge on any atom is 0.332 e. The van der Waals surface area contributed by atoms with Gasteiger partial charge in [-0.1, -0.05) is 30.3 Å². The van der Waals surface area contributed by atoms with Crippen LogP contribution in [-0.2, 0) is 31.9 Å². The van der Waals surface area contributed by atoms with Crippen LogP contribution in [-0.4, -0.2) is 31.1 Å². The summed E-state index contributed by atoms with van der Waals surface area (Å²) in [7, 11) is 3.03.